The van der Waals surface area contributed by atoms with E-state index in [-0.39, 0.29) is 0 Å². The van der Waals surface area contributed by atoms with Crippen molar-refractivity contribution in [3.05, 3.63) is 42.2 Å². The van der Waals surface area contributed by atoms with Crippen molar-refractivity contribution in [1.82, 2.24) is 10.3 Å². The fraction of sp³-hybridized carbons (Fsp3) is 0.438. The maximum absolute atomic E-state index is 4.17. The van der Waals surface area contributed by atoms with Crippen molar-refractivity contribution in [2.45, 2.75) is 45.7 Å². The number of aromatic nitrogens is 1. The van der Waals surface area contributed by atoms with Gasteiger partial charge in [-0.25, -0.2) is 0 Å². The van der Waals surface area contributed by atoms with Gasteiger partial charge in [0.1, 0.15) is 0 Å². The van der Waals surface area contributed by atoms with Crippen LogP contribution < -0.4 is 5.32 Å². The minimum Gasteiger partial charge on any atom is -0.310 e. The van der Waals surface area contributed by atoms with Crippen molar-refractivity contribution < 1.29 is 0 Å². The van der Waals surface area contributed by atoms with Crippen LogP contribution in [0.4, 0.5) is 0 Å². The van der Waals surface area contributed by atoms with Gasteiger partial charge in [0.25, 0.3) is 0 Å². The van der Waals surface area contributed by atoms with Gasteiger partial charge in [-0.15, -0.1) is 0 Å². The van der Waals surface area contributed by atoms with E-state index >= 15 is 0 Å². The second-order valence-electron chi connectivity index (χ2n) is 4.79. The Bertz CT molecular complexity index is 488. The number of rotatable bonds is 6. The molecule has 2 rings (SSSR count). The maximum atomic E-state index is 4.17. The zero-order valence-electron chi connectivity index (χ0n) is 11.3. The number of pyridine rings is 1. The summed E-state index contributed by atoms with van der Waals surface area (Å²) in [6, 6.07) is 9.17. The fourth-order valence-corrected chi connectivity index (χ4v) is 2.40. The lowest BCUT2D eigenvalue weighted by atomic mass is 10.1. The highest BCUT2D eigenvalue weighted by molar-refractivity contribution is 5.84. The molecule has 1 aromatic heterocycles. The third kappa shape index (κ3) is 3.08. The van der Waals surface area contributed by atoms with Gasteiger partial charge in [0.05, 0.1) is 0 Å². The molecule has 2 heteroatoms. The number of hydrogen-bond donors (Lipinski definition) is 1. The van der Waals surface area contributed by atoms with E-state index in [0.29, 0.717) is 6.04 Å². The van der Waals surface area contributed by atoms with Crippen molar-refractivity contribution in [2.24, 2.45) is 0 Å². The molecule has 96 valence electrons. The number of benzene rings is 1. The Morgan fingerprint density at radius 2 is 2.11 bits per heavy atom. The first-order valence-corrected chi connectivity index (χ1v) is 6.90. The highest BCUT2D eigenvalue weighted by atomic mass is 14.9. The van der Waals surface area contributed by atoms with Crippen molar-refractivity contribution in [3.63, 3.8) is 0 Å². The van der Waals surface area contributed by atoms with Gasteiger partial charge in [-0.1, -0.05) is 38.5 Å². The minimum absolute atomic E-state index is 0.632. The summed E-state index contributed by atoms with van der Waals surface area (Å²) in [6.45, 7) is 5.44. The molecule has 0 spiro atoms. The van der Waals surface area contributed by atoms with Crippen LogP contribution in [-0.4, -0.2) is 11.0 Å². The molecule has 0 bridgehead atoms. The summed E-state index contributed by atoms with van der Waals surface area (Å²) >= 11 is 0. The van der Waals surface area contributed by atoms with Crippen LogP contribution in [0, 0.1) is 0 Å². The van der Waals surface area contributed by atoms with E-state index < -0.39 is 0 Å². The Kier molecular flexibility index (Phi) is 4.71. The Morgan fingerprint density at radius 3 is 2.89 bits per heavy atom. The summed E-state index contributed by atoms with van der Waals surface area (Å²) in [5, 5.41) is 6.19. The molecule has 2 nitrogen and oxygen atoms in total. The Morgan fingerprint density at radius 1 is 1.22 bits per heavy atom. The smallest absolute Gasteiger partial charge is 0.0346 e. The van der Waals surface area contributed by atoms with E-state index in [1.807, 2.05) is 12.4 Å². The predicted octanol–water partition coefficient (Wildman–Crippen LogP) is 3.90. The zero-order valence-corrected chi connectivity index (χ0v) is 11.3. The van der Waals surface area contributed by atoms with Crippen LogP contribution in [0.25, 0.3) is 10.8 Å². The molecule has 0 amide bonds. The molecule has 0 radical (unpaired) electrons. The van der Waals surface area contributed by atoms with E-state index in [1.54, 1.807) is 0 Å². The van der Waals surface area contributed by atoms with Crippen LogP contribution in [0.2, 0.25) is 0 Å². The summed E-state index contributed by atoms with van der Waals surface area (Å²) in [5.41, 5.74) is 1.37. The third-order valence-corrected chi connectivity index (χ3v) is 3.48. The normalized spacial score (nSPS) is 12.8. The van der Waals surface area contributed by atoms with Crippen molar-refractivity contribution in [3.8, 4) is 0 Å². The molecule has 0 saturated carbocycles. The van der Waals surface area contributed by atoms with Crippen LogP contribution in [0.15, 0.2) is 36.7 Å². The molecule has 0 aliphatic heterocycles. The zero-order chi connectivity index (χ0) is 12.8. The number of nitrogens with one attached hydrogen (secondary N) is 1. The van der Waals surface area contributed by atoms with Crippen LogP contribution in [0.3, 0.4) is 0 Å². The van der Waals surface area contributed by atoms with E-state index in [1.165, 1.54) is 35.6 Å². The molecule has 0 aliphatic carbocycles. The largest absolute Gasteiger partial charge is 0.310 e. The maximum Gasteiger partial charge on any atom is 0.0346 e. The van der Waals surface area contributed by atoms with E-state index in [9.17, 15) is 0 Å². The SMILES string of the molecule is CCCC(CC)NCc1cccc2cnccc12. The number of fused-ring (bicyclic) bond motifs is 1. The van der Waals surface area contributed by atoms with E-state index in [0.717, 1.165) is 6.54 Å². The Balaban J connectivity index is 2.11. The minimum atomic E-state index is 0.632. The molecule has 0 saturated heterocycles. The quantitative estimate of drug-likeness (QED) is 0.831. The third-order valence-electron chi connectivity index (χ3n) is 3.48. The average molecular weight is 242 g/mol. The molecule has 18 heavy (non-hydrogen) atoms. The molecule has 2 aromatic rings. The Labute approximate surface area is 109 Å². The van der Waals surface area contributed by atoms with Gasteiger partial charge in [0, 0.05) is 30.4 Å². The van der Waals surface area contributed by atoms with Crippen LogP contribution >= 0.6 is 0 Å². The van der Waals surface area contributed by atoms with Gasteiger partial charge in [-0.05, 0) is 29.9 Å². The lowest BCUT2D eigenvalue weighted by Crippen LogP contribution is -2.27. The van der Waals surface area contributed by atoms with Gasteiger partial charge in [-0.3, -0.25) is 4.98 Å². The first-order chi connectivity index (χ1) is 8.85. The van der Waals surface area contributed by atoms with Crippen LogP contribution in [-0.2, 0) is 6.54 Å². The fourth-order valence-electron chi connectivity index (χ4n) is 2.40. The standard InChI is InChI=1S/C16H22N2/c1-3-6-15(4-2)18-12-14-8-5-7-13-11-17-10-9-16(13)14/h5,7-11,15,18H,3-4,6,12H2,1-2H3. The van der Waals surface area contributed by atoms with Crippen molar-refractivity contribution in [1.29, 1.82) is 0 Å². The van der Waals surface area contributed by atoms with Crippen molar-refractivity contribution in [2.75, 3.05) is 0 Å². The molecular formula is C16H22N2. The van der Waals surface area contributed by atoms with Gasteiger partial charge in [0.2, 0.25) is 0 Å². The summed E-state index contributed by atoms with van der Waals surface area (Å²) in [5.74, 6) is 0. The first-order valence-electron chi connectivity index (χ1n) is 6.90. The summed E-state index contributed by atoms with van der Waals surface area (Å²) in [6.07, 6.45) is 7.49. The van der Waals surface area contributed by atoms with E-state index in [2.05, 4.69) is 48.4 Å². The van der Waals surface area contributed by atoms with Crippen molar-refractivity contribution >= 4 is 10.8 Å². The summed E-state index contributed by atoms with van der Waals surface area (Å²) < 4.78 is 0. The molecule has 1 N–H and O–H groups in total. The van der Waals surface area contributed by atoms with E-state index in [4.69, 9.17) is 0 Å². The monoisotopic (exact) mass is 242 g/mol. The molecule has 1 aromatic carbocycles. The van der Waals surface area contributed by atoms with Gasteiger partial charge in [0.15, 0.2) is 0 Å². The van der Waals surface area contributed by atoms with Gasteiger partial charge >= 0.3 is 0 Å². The number of hydrogen-bond acceptors (Lipinski definition) is 2. The van der Waals surface area contributed by atoms with Crippen LogP contribution in [0.5, 0.6) is 0 Å². The predicted molar refractivity (Wildman–Crippen MR) is 77.6 cm³/mol. The molecule has 1 atom stereocenters. The van der Waals surface area contributed by atoms with Crippen LogP contribution in [0.1, 0.15) is 38.7 Å². The molecule has 0 fully saturated rings. The second-order valence-corrected chi connectivity index (χ2v) is 4.79. The molecule has 1 heterocycles. The topological polar surface area (TPSA) is 24.9 Å². The molecular weight excluding hydrogens is 220 g/mol. The summed E-state index contributed by atoms with van der Waals surface area (Å²) in [4.78, 5) is 4.17. The molecule has 1 unspecified atom stereocenters. The van der Waals surface area contributed by atoms with Gasteiger partial charge in [-0.2, -0.15) is 0 Å². The lowest BCUT2D eigenvalue weighted by Gasteiger charge is -2.16. The number of nitrogens with zero attached hydrogens (tertiary/aromatic N) is 1. The highest BCUT2D eigenvalue weighted by Crippen LogP contribution is 2.17. The highest BCUT2D eigenvalue weighted by Gasteiger charge is 2.05. The summed E-state index contributed by atoms with van der Waals surface area (Å²) in [7, 11) is 0. The lowest BCUT2D eigenvalue weighted by molar-refractivity contribution is 0.463. The molecule has 0 aliphatic rings. The average Bonchev–Trinajstić information content (AvgIpc) is 2.43. The Hall–Kier alpha value is -1.41. The first kappa shape index (κ1) is 13.0. The second kappa shape index (κ2) is 6.50. The van der Waals surface area contributed by atoms with Gasteiger partial charge < -0.3 is 5.32 Å².